The minimum absolute atomic E-state index is 0.206. The molecule has 1 aromatic heterocycles. The van der Waals surface area contributed by atoms with Gasteiger partial charge in [0.1, 0.15) is 11.0 Å². The summed E-state index contributed by atoms with van der Waals surface area (Å²) in [5, 5.41) is 3.15. The molecule has 1 N–H and O–H groups in total. The number of hydrogen-bond donors (Lipinski definition) is 1. The highest BCUT2D eigenvalue weighted by atomic mass is 35.5. The molecule has 1 amide bonds. The van der Waals surface area contributed by atoms with Crippen molar-refractivity contribution in [2.24, 2.45) is 0 Å². The number of carbonyl (C=O) groups is 1. The van der Waals surface area contributed by atoms with Gasteiger partial charge in [0.15, 0.2) is 0 Å². The van der Waals surface area contributed by atoms with Gasteiger partial charge in [-0.05, 0) is 36.8 Å². The lowest BCUT2D eigenvalue weighted by Gasteiger charge is -2.13. The standard InChI is InChI=1S/C15H16ClN3O/c1-10-5-4-6-12(7-10)17-15(20)11-8-13(16)18-14(9-11)19(2)3/h4-9H,1-3H3,(H,17,20). The van der Waals surface area contributed by atoms with Crippen LogP contribution >= 0.6 is 11.6 Å². The van der Waals surface area contributed by atoms with Gasteiger partial charge in [0, 0.05) is 25.3 Å². The van der Waals surface area contributed by atoms with Gasteiger partial charge in [-0.25, -0.2) is 4.98 Å². The van der Waals surface area contributed by atoms with Crippen LogP contribution in [0.1, 0.15) is 15.9 Å². The fourth-order valence-electron chi connectivity index (χ4n) is 1.77. The Labute approximate surface area is 123 Å². The van der Waals surface area contributed by atoms with Crippen LogP contribution in [0.3, 0.4) is 0 Å². The summed E-state index contributed by atoms with van der Waals surface area (Å²) >= 11 is 5.95. The first-order valence-electron chi connectivity index (χ1n) is 6.18. The van der Waals surface area contributed by atoms with Crippen LogP contribution in [0.25, 0.3) is 0 Å². The van der Waals surface area contributed by atoms with Crippen LogP contribution in [-0.2, 0) is 0 Å². The van der Waals surface area contributed by atoms with Gasteiger partial charge in [0.05, 0.1) is 0 Å². The van der Waals surface area contributed by atoms with Crippen LogP contribution < -0.4 is 10.2 Å². The number of aryl methyl sites for hydroxylation is 1. The van der Waals surface area contributed by atoms with Gasteiger partial charge in [0.2, 0.25) is 0 Å². The first-order valence-corrected chi connectivity index (χ1v) is 6.56. The van der Waals surface area contributed by atoms with E-state index in [1.807, 2.05) is 45.3 Å². The molecule has 104 valence electrons. The van der Waals surface area contributed by atoms with E-state index in [9.17, 15) is 4.79 Å². The third-order valence-corrected chi connectivity index (χ3v) is 2.97. The molecule has 0 aliphatic rings. The lowest BCUT2D eigenvalue weighted by Crippen LogP contribution is -2.15. The Hall–Kier alpha value is -2.07. The number of nitrogens with zero attached hydrogens (tertiary/aromatic N) is 2. The fraction of sp³-hybridized carbons (Fsp3) is 0.200. The van der Waals surface area contributed by atoms with Gasteiger partial charge in [-0.2, -0.15) is 0 Å². The first-order chi connectivity index (χ1) is 9.45. The predicted molar refractivity (Wildman–Crippen MR) is 82.7 cm³/mol. The number of nitrogens with one attached hydrogen (secondary N) is 1. The van der Waals surface area contributed by atoms with Crippen molar-refractivity contribution in [2.75, 3.05) is 24.3 Å². The second kappa shape index (κ2) is 5.92. The second-order valence-electron chi connectivity index (χ2n) is 4.75. The van der Waals surface area contributed by atoms with Crippen molar-refractivity contribution in [3.63, 3.8) is 0 Å². The molecular formula is C15H16ClN3O. The SMILES string of the molecule is Cc1cccc(NC(=O)c2cc(Cl)nc(N(C)C)c2)c1. The molecule has 0 unspecified atom stereocenters. The molecule has 4 nitrogen and oxygen atoms in total. The summed E-state index contributed by atoms with van der Waals surface area (Å²) in [5.74, 6) is 0.440. The van der Waals surface area contributed by atoms with E-state index in [1.54, 1.807) is 17.0 Å². The van der Waals surface area contributed by atoms with Crippen LogP contribution in [-0.4, -0.2) is 25.0 Å². The van der Waals surface area contributed by atoms with Crippen molar-refractivity contribution < 1.29 is 4.79 Å². The molecule has 0 saturated heterocycles. The van der Waals surface area contributed by atoms with Crippen LogP contribution in [0.15, 0.2) is 36.4 Å². The maximum absolute atomic E-state index is 12.2. The van der Waals surface area contributed by atoms with Gasteiger partial charge in [-0.15, -0.1) is 0 Å². The molecule has 2 aromatic rings. The summed E-state index contributed by atoms with van der Waals surface area (Å²) in [7, 11) is 3.70. The highest BCUT2D eigenvalue weighted by molar-refractivity contribution is 6.30. The number of hydrogen-bond acceptors (Lipinski definition) is 3. The third kappa shape index (κ3) is 3.48. The van der Waals surface area contributed by atoms with Crippen molar-refractivity contribution in [1.82, 2.24) is 4.98 Å². The van der Waals surface area contributed by atoms with Crippen LogP contribution in [0.4, 0.5) is 11.5 Å². The van der Waals surface area contributed by atoms with Crippen molar-refractivity contribution in [3.8, 4) is 0 Å². The average Bonchev–Trinajstić information content (AvgIpc) is 2.37. The molecule has 2 rings (SSSR count). The van der Waals surface area contributed by atoms with E-state index in [0.717, 1.165) is 11.3 Å². The Morgan fingerprint density at radius 2 is 2.00 bits per heavy atom. The highest BCUT2D eigenvalue weighted by Crippen LogP contribution is 2.18. The molecule has 5 heteroatoms. The molecule has 1 aromatic carbocycles. The second-order valence-corrected chi connectivity index (χ2v) is 5.14. The van der Waals surface area contributed by atoms with Gasteiger partial charge in [-0.3, -0.25) is 4.79 Å². The Kier molecular flexibility index (Phi) is 4.25. The van der Waals surface area contributed by atoms with Crippen molar-refractivity contribution in [2.45, 2.75) is 6.92 Å². The zero-order chi connectivity index (χ0) is 14.7. The van der Waals surface area contributed by atoms with E-state index in [-0.39, 0.29) is 5.91 Å². The number of pyridine rings is 1. The summed E-state index contributed by atoms with van der Waals surface area (Å²) in [6.07, 6.45) is 0. The number of anilines is 2. The van der Waals surface area contributed by atoms with Crippen LogP contribution in [0.2, 0.25) is 5.15 Å². The molecule has 0 spiro atoms. The average molecular weight is 290 g/mol. The Balaban J connectivity index is 2.25. The number of aromatic nitrogens is 1. The van der Waals surface area contributed by atoms with E-state index >= 15 is 0 Å². The van der Waals surface area contributed by atoms with Crippen molar-refractivity contribution in [3.05, 3.63) is 52.7 Å². The van der Waals surface area contributed by atoms with E-state index in [4.69, 9.17) is 11.6 Å². The molecular weight excluding hydrogens is 274 g/mol. The van der Waals surface area contributed by atoms with E-state index in [0.29, 0.717) is 16.5 Å². The number of carbonyl (C=O) groups excluding carboxylic acids is 1. The quantitative estimate of drug-likeness (QED) is 0.881. The van der Waals surface area contributed by atoms with Gasteiger partial charge < -0.3 is 10.2 Å². The van der Waals surface area contributed by atoms with Gasteiger partial charge in [0.25, 0.3) is 5.91 Å². The third-order valence-electron chi connectivity index (χ3n) is 2.78. The zero-order valence-electron chi connectivity index (χ0n) is 11.6. The maximum Gasteiger partial charge on any atom is 0.255 e. The number of benzene rings is 1. The fourth-order valence-corrected chi connectivity index (χ4v) is 1.97. The maximum atomic E-state index is 12.2. The molecule has 0 aliphatic carbocycles. The molecule has 0 fully saturated rings. The van der Waals surface area contributed by atoms with Crippen molar-refractivity contribution >= 4 is 29.0 Å². The number of amides is 1. The van der Waals surface area contributed by atoms with Crippen LogP contribution in [0.5, 0.6) is 0 Å². The molecule has 0 atom stereocenters. The van der Waals surface area contributed by atoms with Gasteiger partial charge in [-0.1, -0.05) is 23.7 Å². The van der Waals surface area contributed by atoms with E-state index in [2.05, 4.69) is 10.3 Å². The molecule has 1 heterocycles. The monoisotopic (exact) mass is 289 g/mol. The molecule has 0 radical (unpaired) electrons. The number of rotatable bonds is 3. The summed E-state index contributed by atoms with van der Waals surface area (Å²) in [6.45, 7) is 1.98. The summed E-state index contributed by atoms with van der Waals surface area (Å²) in [5.41, 5.74) is 2.33. The smallest absolute Gasteiger partial charge is 0.255 e. The van der Waals surface area contributed by atoms with E-state index < -0.39 is 0 Å². The lowest BCUT2D eigenvalue weighted by molar-refractivity contribution is 0.102. The summed E-state index contributed by atoms with van der Waals surface area (Å²) in [6, 6.07) is 10.9. The largest absolute Gasteiger partial charge is 0.363 e. The molecule has 0 bridgehead atoms. The first kappa shape index (κ1) is 14.3. The molecule has 0 saturated carbocycles. The minimum Gasteiger partial charge on any atom is -0.363 e. The Morgan fingerprint density at radius 1 is 1.25 bits per heavy atom. The Morgan fingerprint density at radius 3 is 2.65 bits per heavy atom. The Bertz CT molecular complexity index is 641. The van der Waals surface area contributed by atoms with Crippen molar-refractivity contribution in [1.29, 1.82) is 0 Å². The molecule has 20 heavy (non-hydrogen) atoms. The van der Waals surface area contributed by atoms with Crippen LogP contribution in [0, 0.1) is 6.92 Å². The normalized spacial score (nSPS) is 10.2. The summed E-state index contributed by atoms with van der Waals surface area (Å²) in [4.78, 5) is 18.2. The summed E-state index contributed by atoms with van der Waals surface area (Å²) < 4.78 is 0. The topological polar surface area (TPSA) is 45.2 Å². The number of halogens is 1. The molecule has 0 aliphatic heterocycles. The highest BCUT2D eigenvalue weighted by Gasteiger charge is 2.10. The predicted octanol–water partition coefficient (Wildman–Crippen LogP) is 3.36. The zero-order valence-corrected chi connectivity index (χ0v) is 12.4. The minimum atomic E-state index is -0.206. The van der Waals surface area contributed by atoms with Gasteiger partial charge >= 0.3 is 0 Å². The lowest BCUT2D eigenvalue weighted by atomic mass is 10.2. The van der Waals surface area contributed by atoms with E-state index in [1.165, 1.54) is 0 Å².